The number of esters is 1. The van der Waals surface area contributed by atoms with Crippen molar-refractivity contribution >= 4 is 5.97 Å². The molecule has 0 unspecified atom stereocenters. The first-order chi connectivity index (χ1) is 6.06. The Hall–Kier alpha value is -0.610. The number of rotatable bonds is 4. The molecule has 0 aliphatic carbocycles. The summed E-state index contributed by atoms with van der Waals surface area (Å²) in [5, 5.41) is 0. The zero-order chi connectivity index (χ0) is 9.90. The van der Waals surface area contributed by atoms with Gasteiger partial charge in [-0.05, 0) is 13.8 Å². The van der Waals surface area contributed by atoms with Crippen molar-refractivity contribution in [3.63, 3.8) is 0 Å². The lowest BCUT2D eigenvalue weighted by atomic mass is 9.95. The monoisotopic (exact) mass is 188 g/mol. The lowest BCUT2D eigenvalue weighted by molar-refractivity contribution is -0.168. The van der Waals surface area contributed by atoms with E-state index in [-0.39, 0.29) is 12.1 Å². The molecule has 0 aromatic rings. The third-order valence-electron chi connectivity index (χ3n) is 2.03. The van der Waals surface area contributed by atoms with Crippen LogP contribution in [-0.2, 0) is 19.0 Å². The zero-order valence-corrected chi connectivity index (χ0v) is 8.33. The van der Waals surface area contributed by atoms with Crippen LogP contribution in [0.1, 0.15) is 13.8 Å². The van der Waals surface area contributed by atoms with Gasteiger partial charge in [0.2, 0.25) is 0 Å². The molecule has 0 atom stereocenters. The van der Waals surface area contributed by atoms with Crippen molar-refractivity contribution in [1.82, 2.24) is 0 Å². The summed E-state index contributed by atoms with van der Waals surface area (Å²) in [4.78, 5) is 11.2. The van der Waals surface area contributed by atoms with Gasteiger partial charge in [-0.1, -0.05) is 0 Å². The van der Waals surface area contributed by atoms with Gasteiger partial charge in [0, 0.05) is 0 Å². The minimum Gasteiger partial charge on any atom is -0.469 e. The van der Waals surface area contributed by atoms with E-state index < -0.39 is 5.41 Å². The van der Waals surface area contributed by atoms with Crippen molar-refractivity contribution in [2.24, 2.45) is 5.41 Å². The summed E-state index contributed by atoms with van der Waals surface area (Å²) in [6.07, 6.45) is 0.156. The lowest BCUT2D eigenvalue weighted by Gasteiger charge is -2.30. The van der Waals surface area contributed by atoms with Gasteiger partial charge in [0.25, 0.3) is 0 Å². The SMILES string of the molecule is COC(=O)C(C)(C)COC1COC1. The van der Waals surface area contributed by atoms with E-state index in [2.05, 4.69) is 4.74 Å². The van der Waals surface area contributed by atoms with E-state index in [1.807, 2.05) is 0 Å². The van der Waals surface area contributed by atoms with Crippen molar-refractivity contribution in [2.75, 3.05) is 26.9 Å². The van der Waals surface area contributed by atoms with Crippen LogP contribution in [0, 0.1) is 5.41 Å². The fraction of sp³-hybridized carbons (Fsp3) is 0.889. The van der Waals surface area contributed by atoms with E-state index >= 15 is 0 Å². The highest BCUT2D eigenvalue weighted by Gasteiger charge is 2.31. The molecule has 0 saturated carbocycles. The Morgan fingerprint density at radius 1 is 1.54 bits per heavy atom. The average Bonchev–Trinajstić information content (AvgIpc) is 1.99. The van der Waals surface area contributed by atoms with Crippen molar-refractivity contribution in [1.29, 1.82) is 0 Å². The van der Waals surface area contributed by atoms with Gasteiger partial charge in [-0.25, -0.2) is 0 Å². The van der Waals surface area contributed by atoms with Crippen LogP contribution in [0.3, 0.4) is 0 Å². The van der Waals surface area contributed by atoms with Gasteiger partial charge in [-0.3, -0.25) is 4.79 Å². The third-order valence-corrected chi connectivity index (χ3v) is 2.03. The number of hydrogen-bond donors (Lipinski definition) is 0. The van der Waals surface area contributed by atoms with Gasteiger partial charge >= 0.3 is 5.97 Å². The highest BCUT2D eigenvalue weighted by Crippen LogP contribution is 2.19. The molecule has 1 heterocycles. The van der Waals surface area contributed by atoms with Crippen molar-refractivity contribution in [3.05, 3.63) is 0 Å². The van der Waals surface area contributed by atoms with E-state index in [4.69, 9.17) is 9.47 Å². The highest BCUT2D eigenvalue weighted by atomic mass is 16.6. The van der Waals surface area contributed by atoms with Gasteiger partial charge in [-0.2, -0.15) is 0 Å². The maximum Gasteiger partial charge on any atom is 0.313 e. The Kier molecular flexibility index (Phi) is 3.27. The third kappa shape index (κ3) is 2.67. The molecule has 4 nitrogen and oxygen atoms in total. The Balaban J connectivity index is 2.27. The molecule has 0 aromatic carbocycles. The molecule has 76 valence electrons. The van der Waals surface area contributed by atoms with Crippen LogP contribution in [0.4, 0.5) is 0 Å². The van der Waals surface area contributed by atoms with Gasteiger partial charge in [0.15, 0.2) is 0 Å². The molecule has 1 rings (SSSR count). The van der Waals surface area contributed by atoms with Crippen LogP contribution >= 0.6 is 0 Å². The van der Waals surface area contributed by atoms with E-state index in [1.54, 1.807) is 13.8 Å². The number of carbonyl (C=O) groups excluding carboxylic acids is 1. The molecule has 1 saturated heterocycles. The van der Waals surface area contributed by atoms with Crippen LogP contribution in [0.2, 0.25) is 0 Å². The maximum atomic E-state index is 11.2. The van der Waals surface area contributed by atoms with Crippen molar-refractivity contribution < 1.29 is 19.0 Å². The topological polar surface area (TPSA) is 44.8 Å². The van der Waals surface area contributed by atoms with Crippen LogP contribution < -0.4 is 0 Å². The highest BCUT2D eigenvalue weighted by molar-refractivity contribution is 5.75. The fourth-order valence-electron chi connectivity index (χ4n) is 0.972. The van der Waals surface area contributed by atoms with Gasteiger partial charge in [-0.15, -0.1) is 0 Å². The molecule has 0 aromatic heterocycles. The van der Waals surface area contributed by atoms with Crippen molar-refractivity contribution in [3.8, 4) is 0 Å². The van der Waals surface area contributed by atoms with Crippen LogP contribution in [0.25, 0.3) is 0 Å². The van der Waals surface area contributed by atoms with Gasteiger partial charge < -0.3 is 14.2 Å². The summed E-state index contributed by atoms with van der Waals surface area (Å²) < 4.78 is 15.0. The van der Waals surface area contributed by atoms with E-state index in [0.717, 1.165) is 0 Å². The largest absolute Gasteiger partial charge is 0.469 e. The first kappa shape index (κ1) is 10.5. The normalized spacial score (nSPS) is 18.1. The number of carbonyl (C=O) groups is 1. The second-order valence-corrected chi connectivity index (χ2v) is 3.85. The standard InChI is InChI=1S/C9H16O4/c1-9(2,8(10)11-3)6-13-7-4-12-5-7/h7H,4-6H2,1-3H3. The molecule has 1 fully saturated rings. The molecule has 0 bridgehead atoms. The molecule has 1 aliphatic heterocycles. The molecular formula is C9H16O4. The maximum absolute atomic E-state index is 11.2. The van der Waals surface area contributed by atoms with E-state index in [1.165, 1.54) is 7.11 Å². The minimum atomic E-state index is -0.565. The molecule has 0 N–H and O–H groups in total. The van der Waals surface area contributed by atoms with Gasteiger partial charge in [0.05, 0.1) is 32.3 Å². The Labute approximate surface area is 78.2 Å². The Morgan fingerprint density at radius 2 is 2.15 bits per heavy atom. The summed E-state index contributed by atoms with van der Waals surface area (Å²) in [5.41, 5.74) is -0.565. The average molecular weight is 188 g/mol. The first-order valence-electron chi connectivity index (χ1n) is 4.34. The second-order valence-electron chi connectivity index (χ2n) is 3.85. The summed E-state index contributed by atoms with van der Waals surface area (Å²) in [7, 11) is 1.39. The van der Waals surface area contributed by atoms with Crippen LogP contribution in [0.5, 0.6) is 0 Å². The summed E-state index contributed by atoms with van der Waals surface area (Å²) in [6, 6.07) is 0. The molecule has 0 spiro atoms. The lowest BCUT2D eigenvalue weighted by Crippen LogP contribution is -2.40. The van der Waals surface area contributed by atoms with Crippen molar-refractivity contribution in [2.45, 2.75) is 20.0 Å². The molecule has 13 heavy (non-hydrogen) atoms. The Morgan fingerprint density at radius 3 is 2.54 bits per heavy atom. The molecule has 0 radical (unpaired) electrons. The number of hydrogen-bond acceptors (Lipinski definition) is 4. The van der Waals surface area contributed by atoms with Crippen LogP contribution in [0.15, 0.2) is 0 Å². The number of methoxy groups -OCH3 is 1. The molecular weight excluding hydrogens is 172 g/mol. The van der Waals surface area contributed by atoms with E-state index in [0.29, 0.717) is 19.8 Å². The predicted octanol–water partition coefficient (Wildman–Crippen LogP) is 0.601. The molecule has 4 heteroatoms. The number of ether oxygens (including phenoxy) is 3. The van der Waals surface area contributed by atoms with E-state index in [9.17, 15) is 4.79 Å². The quantitative estimate of drug-likeness (QED) is 0.606. The minimum absolute atomic E-state index is 0.156. The van der Waals surface area contributed by atoms with Gasteiger partial charge in [0.1, 0.15) is 6.10 Å². The summed E-state index contributed by atoms with van der Waals surface area (Å²) in [6.45, 7) is 5.26. The molecule has 1 aliphatic rings. The smallest absolute Gasteiger partial charge is 0.313 e. The zero-order valence-electron chi connectivity index (χ0n) is 8.33. The fourth-order valence-corrected chi connectivity index (χ4v) is 0.972. The second kappa shape index (κ2) is 4.07. The summed E-state index contributed by atoms with van der Waals surface area (Å²) >= 11 is 0. The van der Waals surface area contributed by atoms with Crippen LogP contribution in [-0.4, -0.2) is 39.0 Å². The predicted molar refractivity (Wildman–Crippen MR) is 46.4 cm³/mol. The first-order valence-corrected chi connectivity index (χ1v) is 4.34. The summed E-state index contributed by atoms with van der Waals surface area (Å²) in [5.74, 6) is -0.243. The molecule has 0 amide bonds. The Bertz CT molecular complexity index is 184.